The van der Waals surface area contributed by atoms with E-state index in [4.69, 9.17) is 0 Å². The van der Waals surface area contributed by atoms with Gasteiger partial charge in [-0.05, 0) is 11.6 Å². The third-order valence-corrected chi connectivity index (χ3v) is 4.07. The number of hydrogen-bond donors (Lipinski definition) is 1. The molecular weight excluding hydrogens is 336 g/mol. The van der Waals surface area contributed by atoms with Gasteiger partial charge in [-0.3, -0.25) is 9.48 Å². The summed E-state index contributed by atoms with van der Waals surface area (Å²) in [7, 11) is 1.59. The number of hydrogen-bond acceptors (Lipinski definition) is 4. The summed E-state index contributed by atoms with van der Waals surface area (Å²) in [6, 6.07) is 7.43. The molecule has 0 fully saturated rings. The van der Waals surface area contributed by atoms with Crippen LogP contribution in [0, 0.1) is 0 Å². The normalized spacial score (nSPS) is 12.7. The minimum Gasteiger partial charge on any atom is -0.386 e. The van der Waals surface area contributed by atoms with E-state index in [9.17, 15) is 9.90 Å². The number of aromatic nitrogens is 4. The highest BCUT2D eigenvalue weighted by Crippen LogP contribution is 2.24. The molecule has 0 bridgehead atoms. The molecule has 2 heterocycles. The maximum Gasteiger partial charge on any atom is 0.292 e. The molecule has 1 atom stereocenters. The SMILES string of the molecule is Cn1ncc2cnn(C[C@@H](O)c3ccccc3Br)c2c1=O. The molecule has 0 aliphatic carbocycles. The predicted octanol–water partition coefficient (Wildman–Crippen LogP) is 1.63. The zero-order valence-electron chi connectivity index (χ0n) is 11.3. The van der Waals surface area contributed by atoms with Gasteiger partial charge in [0.1, 0.15) is 5.52 Å². The molecule has 0 saturated carbocycles. The van der Waals surface area contributed by atoms with Crippen LogP contribution in [0.25, 0.3) is 10.9 Å². The minimum absolute atomic E-state index is 0.200. The lowest BCUT2D eigenvalue weighted by atomic mass is 10.1. The Labute approximate surface area is 128 Å². The smallest absolute Gasteiger partial charge is 0.292 e. The number of rotatable bonds is 3. The van der Waals surface area contributed by atoms with Gasteiger partial charge in [-0.25, -0.2) is 4.68 Å². The van der Waals surface area contributed by atoms with Gasteiger partial charge in [-0.2, -0.15) is 10.2 Å². The van der Waals surface area contributed by atoms with Crippen molar-refractivity contribution in [3.05, 3.63) is 57.0 Å². The molecule has 0 saturated heterocycles. The number of halogens is 1. The molecule has 0 aliphatic rings. The van der Waals surface area contributed by atoms with Crippen LogP contribution in [0.15, 0.2) is 45.9 Å². The average molecular weight is 349 g/mol. The first kappa shape index (κ1) is 14.0. The topological polar surface area (TPSA) is 72.9 Å². The number of aliphatic hydroxyl groups is 1. The summed E-state index contributed by atoms with van der Waals surface area (Å²) in [5.41, 5.74) is 0.968. The number of fused-ring (bicyclic) bond motifs is 1. The monoisotopic (exact) mass is 348 g/mol. The molecular formula is C14H13BrN4O2. The second-order valence-electron chi connectivity index (χ2n) is 4.74. The highest BCUT2D eigenvalue weighted by Gasteiger charge is 2.15. The summed E-state index contributed by atoms with van der Waals surface area (Å²) in [6.45, 7) is 0.200. The predicted molar refractivity (Wildman–Crippen MR) is 81.9 cm³/mol. The van der Waals surface area contributed by atoms with E-state index in [1.165, 1.54) is 9.36 Å². The second kappa shape index (κ2) is 5.42. The fourth-order valence-corrected chi connectivity index (χ4v) is 2.78. The van der Waals surface area contributed by atoms with Gasteiger partial charge in [0.15, 0.2) is 0 Å². The van der Waals surface area contributed by atoms with E-state index in [1.807, 2.05) is 24.3 Å². The largest absolute Gasteiger partial charge is 0.386 e. The van der Waals surface area contributed by atoms with Crippen molar-refractivity contribution in [1.29, 1.82) is 0 Å². The molecule has 0 unspecified atom stereocenters. The van der Waals surface area contributed by atoms with E-state index in [1.54, 1.807) is 19.4 Å². The van der Waals surface area contributed by atoms with Crippen LogP contribution < -0.4 is 5.56 Å². The van der Waals surface area contributed by atoms with Crippen LogP contribution in [-0.2, 0) is 13.6 Å². The van der Waals surface area contributed by atoms with Crippen LogP contribution in [0.2, 0.25) is 0 Å². The van der Waals surface area contributed by atoms with Crippen molar-refractivity contribution < 1.29 is 5.11 Å². The third-order valence-electron chi connectivity index (χ3n) is 3.34. The van der Waals surface area contributed by atoms with E-state index >= 15 is 0 Å². The van der Waals surface area contributed by atoms with Crippen LogP contribution in [0.4, 0.5) is 0 Å². The lowest BCUT2D eigenvalue weighted by Gasteiger charge is -2.13. The van der Waals surface area contributed by atoms with Crippen molar-refractivity contribution in [1.82, 2.24) is 19.6 Å². The molecule has 0 aliphatic heterocycles. The van der Waals surface area contributed by atoms with Gasteiger partial charge in [0.2, 0.25) is 0 Å². The molecule has 21 heavy (non-hydrogen) atoms. The highest BCUT2D eigenvalue weighted by molar-refractivity contribution is 9.10. The Morgan fingerprint density at radius 2 is 2.00 bits per heavy atom. The zero-order valence-corrected chi connectivity index (χ0v) is 12.9. The van der Waals surface area contributed by atoms with Gasteiger partial charge in [-0.1, -0.05) is 34.1 Å². The fourth-order valence-electron chi connectivity index (χ4n) is 2.23. The lowest BCUT2D eigenvalue weighted by Crippen LogP contribution is -2.22. The van der Waals surface area contributed by atoms with Gasteiger partial charge in [0.05, 0.1) is 25.0 Å². The molecule has 108 valence electrons. The van der Waals surface area contributed by atoms with E-state index in [-0.39, 0.29) is 12.1 Å². The molecule has 0 radical (unpaired) electrons. The molecule has 1 N–H and O–H groups in total. The summed E-state index contributed by atoms with van der Waals surface area (Å²) in [5.74, 6) is 0. The van der Waals surface area contributed by atoms with E-state index in [2.05, 4.69) is 26.1 Å². The summed E-state index contributed by atoms with van der Waals surface area (Å²) in [6.07, 6.45) is 2.41. The number of benzene rings is 1. The average Bonchev–Trinajstić information content (AvgIpc) is 2.87. The van der Waals surface area contributed by atoms with Gasteiger partial charge in [0.25, 0.3) is 5.56 Å². The molecule has 0 spiro atoms. The quantitative estimate of drug-likeness (QED) is 0.780. The molecule has 6 nitrogen and oxygen atoms in total. The molecule has 3 rings (SSSR count). The van der Waals surface area contributed by atoms with Crippen LogP contribution in [0.1, 0.15) is 11.7 Å². The minimum atomic E-state index is -0.762. The Morgan fingerprint density at radius 1 is 1.29 bits per heavy atom. The van der Waals surface area contributed by atoms with E-state index < -0.39 is 6.10 Å². The van der Waals surface area contributed by atoms with Gasteiger partial charge in [-0.15, -0.1) is 0 Å². The first-order chi connectivity index (χ1) is 10.1. The van der Waals surface area contributed by atoms with Crippen molar-refractivity contribution in [3.63, 3.8) is 0 Å². The third kappa shape index (κ3) is 2.50. The Hall–Kier alpha value is -1.99. The van der Waals surface area contributed by atoms with Crippen molar-refractivity contribution >= 4 is 26.8 Å². The first-order valence-electron chi connectivity index (χ1n) is 6.38. The summed E-state index contributed by atoms with van der Waals surface area (Å²) in [4.78, 5) is 12.1. The molecule has 3 aromatic rings. The van der Waals surface area contributed by atoms with Crippen molar-refractivity contribution in [2.45, 2.75) is 12.6 Å². The van der Waals surface area contributed by atoms with Crippen molar-refractivity contribution in [2.24, 2.45) is 7.05 Å². The maximum absolute atomic E-state index is 12.1. The van der Waals surface area contributed by atoms with Crippen molar-refractivity contribution in [3.8, 4) is 0 Å². The number of aliphatic hydroxyl groups excluding tert-OH is 1. The summed E-state index contributed by atoms with van der Waals surface area (Å²) in [5, 5.41) is 19.2. The van der Waals surface area contributed by atoms with Crippen LogP contribution in [0.5, 0.6) is 0 Å². The van der Waals surface area contributed by atoms with Crippen molar-refractivity contribution in [2.75, 3.05) is 0 Å². The molecule has 7 heteroatoms. The maximum atomic E-state index is 12.1. The second-order valence-corrected chi connectivity index (χ2v) is 5.60. The standard InChI is InChI=1S/C14H13BrN4O2/c1-18-14(21)13-9(6-16-18)7-17-19(13)8-12(20)10-4-2-3-5-11(10)15/h2-7,12,20H,8H2,1H3/t12-/m1/s1. The number of nitrogens with zero attached hydrogens (tertiary/aromatic N) is 4. The highest BCUT2D eigenvalue weighted by atomic mass is 79.9. The Balaban J connectivity index is 2.01. The number of aryl methyl sites for hydroxylation is 1. The molecule has 2 aromatic heterocycles. The van der Waals surface area contributed by atoms with E-state index in [0.717, 1.165) is 10.0 Å². The fraction of sp³-hybridized carbons (Fsp3) is 0.214. The van der Waals surface area contributed by atoms with Crippen LogP contribution in [0.3, 0.4) is 0 Å². The van der Waals surface area contributed by atoms with Gasteiger partial charge < -0.3 is 5.11 Å². The Bertz CT molecular complexity index is 856. The summed E-state index contributed by atoms with van der Waals surface area (Å²) >= 11 is 3.41. The Morgan fingerprint density at radius 3 is 2.76 bits per heavy atom. The van der Waals surface area contributed by atoms with Gasteiger partial charge >= 0.3 is 0 Å². The van der Waals surface area contributed by atoms with E-state index in [0.29, 0.717) is 10.9 Å². The lowest BCUT2D eigenvalue weighted by molar-refractivity contribution is 0.152. The first-order valence-corrected chi connectivity index (χ1v) is 7.17. The van der Waals surface area contributed by atoms with Crippen LogP contribution >= 0.6 is 15.9 Å². The van der Waals surface area contributed by atoms with Crippen LogP contribution in [-0.4, -0.2) is 24.7 Å². The molecule has 1 aromatic carbocycles. The Kier molecular flexibility index (Phi) is 3.60. The molecule has 0 amide bonds. The zero-order chi connectivity index (χ0) is 15.0. The summed E-state index contributed by atoms with van der Waals surface area (Å²) < 4.78 is 3.60. The van der Waals surface area contributed by atoms with Gasteiger partial charge in [0, 0.05) is 16.9 Å².